The van der Waals surface area contributed by atoms with Gasteiger partial charge in [0.2, 0.25) is 5.13 Å². The van der Waals surface area contributed by atoms with Crippen molar-refractivity contribution in [3.8, 4) is 0 Å². The minimum absolute atomic E-state index is 0.261. The molecule has 1 aromatic heterocycles. The Morgan fingerprint density at radius 2 is 2.35 bits per heavy atom. The van der Waals surface area contributed by atoms with E-state index < -0.39 is 18.0 Å². The number of hydrogen-bond donors (Lipinski definition) is 2. The number of amides is 2. The first-order chi connectivity index (χ1) is 8.18. The molecule has 0 radical (unpaired) electrons. The maximum Gasteiger partial charge on any atom is 0.327 e. The van der Waals surface area contributed by atoms with Crippen LogP contribution in [0.3, 0.4) is 0 Å². The van der Waals surface area contributed by atoms with Gasteiger partial charge in [0.05, 0.1) is 0 Å². The van der Waals surface area contributed by atoms with Gasteiger partial charge in [0.1, 0.15) is 6.04 Å². The number of nitrogens with zero attached hydrogens (tertiary/aromatic N) is 4. The number of carboxylic acid groups (broad SMARTS) is 1. The van der Waals surface area contributed by atoms with Crippen molar-refractivity contribution in [2.45, 2.75) is 6.04 Å². The summed E-state index contributed by atoms with van der Waals surface area (Å²) in [7, 11) is 0. The predicted molar refractivity (Wildman–Crippen MR) is 62.2 cm³/mol. The van der Waals surface area contributed by atoms with Crippen LogP contribution in [0.2, 0.25) is 0 Å². The minimum atomic E-state index is -0.997. The highest BCUT2D eigenvalue weighted by atomic mass is 32.2. The Kier molecular flexibility index (Phi) is 3.74. The lowest BCUT2D eigenvalue weighted by molar-refractivity contribution is -0.141. The normalized spacial score (nSPS) is 20.0. The van der Waals surface area contributed by atoms with Gasteiger partial charge < -0.3 is 10.0 Å². The van der Waals surface area contributed by atoms with E-state index in [1.807, 2.05) is 0 Å². The van der Waals surface area contributed by atoms with E-state index in [4.69, 9.17) is 5.11 Å². The standard InChI is InChI=1S/C7H9N5O3S2/c13-5(14)4-3-16-2-1-12(4)7(15)8-6-9-10-11-17-6/h4H,1-3H2,(H,13,14)(H,8,9,11,15). The molecule has 1 saturated heterocycles. The molecule has 92 valence electrons. The van der Waals surface area contributed by atoms with Gasteiger partial charge in [0.15, 0.2) is 0 Å². The van der Waals surface area contributed by atoms with E-state index in [1.54, 1.807) is 0 Å². The summed E-state index contributed by atoms with van der Waals surface area (Å²) < 4.78 is 3.50. The average Bonchev–Trinajstić information content (AvgIpc) is 2.81. The second-order valence-corrected chi connectivity index (χ2v) is 5.10. The fourth-order valence-electron chi connectivity index (χ4n) is 1.40. The van der Waals surface area contributed by atoms with Crippen molar-refractivity contribution < 1.29 is 14.7 Å². The third-order valence-electron chi connectivity index (χ3n) is 2.19. The van der Waals surface area contributed by atoms with Gasteiger partial charge >= 0.3 is 12.0 Å². The van der Waals surface area contributed by atoms with Gasteiger partial charge in [-0.2, -0.15) is 11.8 Å². The first kappa shape index (κ1) is 12.0. The van der Waals surface area contributed by atoms with Gasteiger partial charge in [-0.3, -0.25) is 5.32 Å². The van der Waals surface area contributed by atoms with Crippen molar-refractivity contribution in [2.75, 3.05) is 23.4 Å². The molecule has 2 heterocycles. The van der Waals surface area contributed by atoms with Crippen molar-refractivity contribution in [2.24, 2.45) is 0 Å². The smallest absolute Gasteiger partial charge is 0.327 e. The van der Waals surface area contributed by atoms with Crippen molar-refractivity contribution in [1.82, 2.24) is 19.7 Å². The lowest BCUT2D eigenvalue weighted by Gasteiger charge is -2.32. The summed E-state index contributed by atoms with van der Waals surface area (Å²) in [4.78, 5) is 24.1. The summed E-state index contributed by atoms with van der Waals surface area (Å²) in [6.45, 7) is 0.402. The lowest BCUT2D eigenvalue weighted by Crippen LogP contribution is -2.51. The van der Waals surface area contributed by atoms with E-state index in [1.165, 1.54) is 16.7 Å². The molecular weight excluding hydrogens is 266 g/mol. The van der Waals surface area contributed by atoms with Crippen LogP contribution in [0.4, 0.5) is 9.93 Å². The molecule has 2 amide bonds. The summed E-state index contributed by atoms with van der Waals surface area (Å²) in [5.41, 5.74) is 0. The fraction of sp³-hybridized carbons (Fsp3) is 0.571. The Balaban J connectivity index is 2.03. The zero-order chi connectivity index (χ0) is 12.3. The van der Waals surface area contributed by atoms with Crippen LogP contribution >= 0.6 is 23.3 Å². The first-order valence-corrected chi connectivity index (χ1v) is 6.64. The number of urea groups is 1. The van der Waals surface area contributed by atoms with Gasteiger partial charge in [-0.25, -0.2) is 9.59 Å². The molecule has 2 rings (SSSR count). The molecule has 0 aromatic carbocycles. The highest BCUT2D eigenvalue weighted by Gasteiger charge is 2.32. The number of rotatable bonds is 2. The zero-order valence-electron chi connectivity index (χ0n) is 8.57. The molecule has 0 saturated carbocycles. The maximum atomic E-state index is 11.8. The van der Waals surface area contributed by atoms with Crippen LogP contribution in [-0.4, -0.2) is 60.9 Å². The van der Waals surface area contributed by atoms with Gasteiger partial charge in [-0.05, 0) is 5.21 Å². The molecule has 1 fully saturated rings. The minimum Gasteiger partial charge on any atom is -0.480 e. The molecule has 1 aliphatic heterocycles. The summed E-state index contributed by atoms with van der Waals surface area (Å²) in [5, 5.41) is 18.7. The van der Waals surface area contributed by atoms with Gasteiger partial charge in [-0.1, -0.05) is 9.59 Å². The van der Waals surface area contributed by atoms with E-state index in [2.05, 4.69) is 20.1 Å². The summed E-state index contributed by atoms with van der Waals surface area (Å²) in [6, 6.07) is -1.27. The zero-order valence-corrected chi connectivity index (χ0v) is 10.2. The third kappa shape index (κ3) is 2.82. The second-order valence-electron chi connectivity index (χ2n) is 3.22. The largest absolute Gasteiger partial charge is 0.480 e. The molecule has 0 aliphatic carbocycles. The topological polar surface area (TPSA) is 108 Å². The summed E-state index contributed by atoms with van der Waals surface area (Å²) in [6.07, 6.45) is 0. The highest BCUT2D eigenvalue weighted by molar-refractivity contribution is 7.99. The monoisotopic (exact) mass is 275 g/mol. The highest BCUT2D eigenvalue weighted by Crippen LogP contribution is 2.18. The van der Waals surface area contributed by atoms with E-state index in [0.29, 0.717) is 12.3 Å². The second kappa shape index (κ2) is 5.27. The average molecular weight is 275 g/mol. The van der Waals surface area contributed by atoms with Crippen molar-refractivity contribution in [1.29, 1.82) is 0 Å². The Morgan fingerprint density at radius 3 is 3.00 bits per heavy atom. The number of carbonyl (C=O) groups excluding carboxylic acids is 1. The van der Waals surface area contributed by atoms with E-state index in [0.717, 1.165) is 17.3 Å². The number of anilines is 1. The lowest BCUT2D eigenvalue weighted by atomic mass is 10.3. The van der Waals surface area contributed by atoms with Gasteiger partial charge in [0.25, 0.3) is 0 Å². The molecule has 1 aromatic rings. The Morgan fingerprint density at radius 1 is 1.53 bits per heavy atom. The van der Waals surface area contributed by atoms with Crippen LogP contribution in [0, 0.1) is 0 Å². The summed E-state index contributed by atoms with van der Waals surface area (Å²) in [5.74, 6) is 0.130. The molecule has 1 atom stereocenters. The van der Waals surface area contributed by atoms with Crippen LogP contribution in [0.15, 0.2) is 0 Å². The number of thioether (sulfide) groups is 1. The Labute approximate surface area is 105 Å². The van der Waals surface area contributed by atoms with Crippen molar-refractivity contribution in [3.63, 3.8) is 0 Å². The van der Waals surface area contributed by atoms with Gasteiger partial charge in [-0.15, -0.1) is 0 Å². The number of carboxylic acids is 1. The SMILES string of the molecule is O=C(O)C1CSCCN1C(=O)Nc1nnns1. The fourth-order valence-corrected chi connectivity index (χ4v) is 2.79. The van der Waals surface area contributed by atoms with Gasteiger partial charge in [0, 0.05) is 29.6 Å². The van der Waals surface area contributed by atoms with Crippen LogP contribution in [0.5, 0.6) is 0 Å². The van der Waals surface area contributed by atoms with E-state index in [-0.39, 0.29) is 5.13 Å². The Hall–Kier alpha value is -1.42. The van der Waals surface area contributed by atoms with Crippen molar-refractivity contribution in [3.05, 3.63) is 0 Å². The third-order valence-corrected chi connectivity index (χ3v) is 3.72. The Bertz CT molecular complexity index is 412. The maximum absolute atomic E-state index is 11.8. The molecule has 1 aliphatic rings. The predicted octanol–water partition coefficient (Wildman–Crippen LogP) is -0.0330. The van der Waals surface area contributed by atoms with Crippen LogP contribution in [-0.2, 0) is 4.79 Å². The van der Waals surface area contributed by atoms with Crippen molar-refractivity contribution >= 4 is 40.4 Å². The number of hydrogen-bond acceptors (Lipinski definition) is 7. The molecular formula is C7H9N5O3S2. The molecule has 10 heteroatoms. The molecule has 0 spiro atoms. The number of carbonyl (C=O) groups is 2. The van der Waals surface area contributed by atoms with Crippen LogP contribution in [0.25, 0.3) is 0 Å². The van der Waals surface area contributed by atoms with E-state index >= 15 is 0 Å². The molecule has 1 unspecified atom stereocenters. The molecule has 8 nitrogen and oxygen atoms in total. The first-order valence-electron chi connectivity index (χ1n) is 4.71. The van der Waals surface area contributed by atoms with E-state index in [9.17, 15) is 9.59 Å². The quantitative estimate of drug-likeness (QED) is 0.780. The number of aliphatic carboxylic acids is 1. The van der Waals surface area contributed by atoms with Crippen LogP contribution in [0.1, 0.15) is 0 Å². The number of nitrogens with one attached hydrogen (secondary N) is 1. The summed E-state index contributed by atoms with van der Waals surface area (Å²) >= 11 is 2.46. The molecule has 0 bridgehead atoms. The molecule has 17 heavy (non-hydrogen) atoms. The number of aromatic nitrogens is 3. The molecule has 2 N–H and O–H groups in total. The van der Waals surface area contributed by atoms with Crippen LogP contribution < -0.4 is 5.32 Å².